The molecule has 11 N–H and O–H groups in total. The summed E-state index contributed by atoms with van der Waals surface area (Å²) in [6.45, 7) is 3.43. The summed E-state index contributed by atoms with van der Waals surface area (Å²) in [7, 11) is 0. The van der Waals surface area contributed by atoms with Crippen molar-refractivity contribution in [2.45, 2.75) is 63.7 Å². The normalized spacial score (nSPS) is 20.0. The van der Waals surface area contributed by atoms with E-state index < -0.39 is 72.1 Å². The predicted octanol–water partition coefficient (Wildman–Crippen LogP) is -2.34. The first-order valence-corrected chi connectivity index (χ1v) is 12.9. The number of amides is 6. The lowest BCUT2D eigenvalue weighted by molar-refractivity contribution is -0.145. The van der Waals surface area contributed by atoms with Crippen LogP contribution in [0.15, 0.2) is 35.3 Å². The summed E-state index contributed by atoms with van der Waals surface area (Å²) in [5.41, 5.74) is 21.1. The number of carboxylic acids is 1. The van der Waals surface area contributed by atoms with Gasteiger partial charge in [-0.15, -0.1) is 0 Å². The van der Waals surface area contributed by atoms with Gasteiger partial charge in [0, 0.05) is 13.0 Å². The van der Waals surface area contributed by atoms with Crippen molar-refractivity contribution < 1.29 is 33.9 Å². The van der Waals surface area contributed by atoms with Crippen molar-refractivity contribution in [2.75, 3.05) is 6.54 Å². The minimum Gasteiger partial charge on any atom is -0.481 e. The number of benzene rings is 1. The Labute approximate surface area is 236 Å². The minimum atomic E-state index is -1.85. The summed E-state index contributed by atoms with van der Waals surface area (Å²) >= 11 is 0. The third-order valence-corrected chi connectivity index (χ3v) is 6.18. The first-order valence-electron chi connectivity index (χ1n) is 12.9. The molecule has 1 saturated heterocycles. The molecule has 0 saturated carbocycles. The number of carbonyl (C=O) groups excluding carboxylic acids is 5. The molecule has 16 nitrogen and oxygen atoms in total. The topological polar surface area (TPSA) is 264 Å². The summed E-state index contributed by atoms with van der Waals surface area (Å²) in [6.07, 6.45) is -0.415. The predicted molar refractivity (Wildman–Crippen MR) is 146 cm³/mol. The maximum atomic E-state index is 13.6. The lowest BCUT2D eigenvalue weighted by Gasteiger charge is -2.31. The van der Waals surface area contributed by atoms with Crippen molar-refractivity contribution in [1.29, 1.82) is 0 Å². The van der Waals surface area contributed by atoms with Gasteiger partial charge in [-0.2, -0.15) is 0 Å². The van der Waals surface area contributed by atoms with Crippen LogP contribution < -0.4 is 38.7 Å². The molecule has 2 rings (SSSR count). The zero-order valence-corrected chi connectivity index (χ0v) is 22.8. The van der Waals surface area contributed by atoms with Crippen molar-refractivity contribution in [2.24, 2.45) is 28.1 Å². The summed E-state index contributed by atoms with van der Waals surface area (Å²) in [5.74, 6) is -5.76. The summed E-state index contributed by atoms with van der Waals surface area (Å²) in [5, 5.41) is 14.6. The molecule has 0 bridgehead atoms. The molecule has 224 valence electrons. The van der Waals surface area contributed by atoms with Crippen LogP contribution in [0.5, 0.6) is 0 Å². The molecule has 0 unspecified atom stereocenters. The second-order valence-corrected chi connectivity index (χ2v) is 9.78. The van der Waals surface area contributed by atoms with E-state index in [4.69, 9.17) is 17.2 Å². The van der Waals surface area contributed by atoms with Gasteiger partial charge in [-0.05, 0) is 24.3 Å². The second kappa shape index (κ2) is 15.2. The van der Waals surface area contributed by atoms with Crippen LogP contribution in [0.25, 0.3) is 0 Å². The van der Waals surface area contributed by atoms with Crippen LogP contribution in [0.2, 0.25) is 0 Å². The van der Waals surface area contributed by atoms with E-state index >= 15 is 0 Å². The molecule has 0 spiro atoms. The molecule has 0 aliphatic carbocycles. The molecular weight excluding hydrogens is 538 g/mol. The summed E-state index contributed by atoms with van der Waals surface area (Å²) in [4.78, 5) is 81.6. The number of hydrazine groups is 1. The molecule has 1 aliphatic rings. The number of urea groups is 1. The van der Waals surface area contributed by atoms with Gasteiger partial charge >= 0.3 is 12.0 Å². The smallest absolute Gasteiger partial charge is 0.343 e. The van der Waals surface area contributed by atoms with Crippen LogP contribution >= 0.6 is 0 Å². The molecule has 6 amide bonds. The van der Waals surface area contributed by atoms with E-state index in [0.29, 0.717) is 16.9 Å². The van der Waals surface area contributed by atoms with Crippen LogP contribution in [0, 0.1) is 5.92 Å². The molecule has 1 fully saturated rings. The van der Waals surface area contributed by atoms with Crippen molar-refractivity contribution in [3.8, 4) is 0 Å². The average molecular weight is 576 g/mol. The molecule has 1 heterocycles. The highest BCUT2D eigenvalue weighted by Crippen LogP contribution is 2.16. The van der Waals surface area contributed by atoms with Crippen molar-refractivity contribution >= 4 is 41.6 Å². The number of aliphatic imine (C=N–C) groups is 1. The lowest BCUT2D eigenvalue weighted by Crippen LogP contribution is -2.62. The fourth-order valence-electron chi connectivity index (χ4n) is 4.02. The van der Waals surface area contributed by atoms with Crippen LogP contribution in [0.3, 0.4) is 0 Å². The van der Waals surface area contributed by atoms with Crippen LogP contribution in [0.1, 0.15) is 38.7 Å². The van der Waals surface area contributed by atoms with E-state index in [1.165, 1.54) is 0 Å². The number of carbonyl (C=O) groups is 6. The third-order valence-electron chi connectivity index (χ3n) is 6.18. The highest BCUT2D eigenvalue weighted by atomic mass is 16.4. The Bertz CT molecular complexity index is 1160. The molecule has 0 aromatic heterocycles. The number of guanidine groups is 1. The Hall–Kier alpha value is -4.73. The maximum Gasteiger partial charge on any atom is 0.343 e. The van der Waals surface area contributed by atoms with E-state index in [9.17, 15) is 33.9 Å². The number of nitrogens with zero attached hydrogens (tertiary/aromatic N) is 2. The van der Waals surface area contributed by atoms with Crippen molar-refractivity contribution in [3.05, 3.63) is 35.9 Å². The van der Waals surface area contributed by atoms with Gasteiger partial charge in [0.1, 0.15) is 18.1 Å². The van der Waals surface area contributed by atoms with Crippen LogP contribution in [-0.4, -0.2) is 82.3 Å². The van der Waals surface area contributed by atoms with Gasteiger partial charge in [0.15, 0.2) is 5.96 Å². The first-order chi connectivity index (χ1) is 19.3. The number of aliphatic carboxylic acids is 1. The number of carboxylic acid groups (broad SMARTS) is 1. The Balaban J connectivity index is 2.31. The number of hydrogen-bond donors (Lipinski definition) is 8. The van der Waals surface area contributed by atoms with Gasteiger partial charge in [0.25, 0.3) is 11.8 Å². The molecule has 4 atom stereocenters. The van der Waals surface area contributed by atoms with Crippen molar-refractivity contribution in [1.82, 2.24) is 26.4 Å². The number of nitrogens with two attached hydrogens (primary N) is 3. The van der Waals surface area contributed by atoms with E-state index in [1.807, 2.05) is 5.43 Å². The maximum absolute atomic E-state index is 13.6. The third kappa shape index (κ3) is 9.75. The van der Waals surface area contributed by atoms with Crippen molar-refractivity contribution in [3.63, 3.8) is 0 Å². The molecule has 41 heavy (non-hydrogen) atoms. The molecule has 1 aromatic rings. The monoisotopic (exact) mass is 575 g/mol. The fourth-order valence-corrected chi connectivity index (χ4v) is 4.02. The zero-order valence-electron chi connectivity index (χ0n) is 22.8. The second-order valence-electron chi connectivity index (χ2n) is 9.78. The van der Waals surface area contributed by atoms with E-state index in [0.717, 1.165) is 0 Å². The van der Waals surface area contributed by atoms with Gasteiger partial charge in [0.2, 0.25) is 11.8 Å². The lowest BCUT2D eigenvalue weighted by atomic mass is 10.0. The highest BCUT2D eigenvalue weighted by Gasteiger charge is 2.44. The molecular formula is C25H37N9O7. The van der Waals surface area contributed by atoms with Gasteiger partial charge in [-0.25, -0.2) is 15.1 Å². The summed E-state index contributed by atoms with van der Waals surface area (Å²) in [6, 6.07) is 2.03. The Morgan fingerprint density at radius 3 is 2.29 bits per heavy atom. The SMILES string of the molecule is CC(C)[C@@H]1NC(=O)[C@@H](Cc2ccccc2)NC(=O)[C@H](CC(=O)O)N(C(=O)NNC(=O)[C@@H](N)CCCN=C(N)N)C1=O. The van der Waals surface area contributed by atoms with E-state index in [2.05, 4.69) is 21.1 Å². The van der Waals surface area contributed by atoms with E-state index in [1.54, 1.807) is 44.2 Å². The quantitative estimate of drug-likeness (QED) is 0.0637. The van der Waals surface area contributed by atoms with Gasteiger partial charge < -0.3 is 32.9 Å². The van der Waals surface area contributed by atoms with Gasteiger partial charge in [0.05, 0.1) is 12.5 Å². The number of hydrogen-bond acceptors (Lipinski definition) is 8. The van der Waals surface area contributed by atoms with Gasteiger partial charge in [-0.3, -0.25) is 34.4 Å². The minimum absolute atomic E-state index is 0.0422. The Kier molecular flexibility index (Phi) is 12.0. The molecule has 1 aromatic carbocycles. The number of nitrogens with one attached hydrogen (secondary N) is 4. The standard InChI is InChI=1S/C25H37N9O7/c1-13(2)19-23(40)34(25(41)33-32-20(37)15(26)9-6-10-29-24(27)28)17(12-18(35)36)22(39)30-16(21(38)31-19)11-14-7-4-3-5-8-14/h3-5,7-8,13,15-17,19H,6,9-12,26H2,1-2H3,(H,30,39)(H,31,38)(H,32,37)(H,33,41)(H,35,36)(H4,27,28,29)/t15-,16+,17-,19-/m0/s1. The average Bonchev–Trinajstić information content (AvgIpc) is 2.94. The Morgan fingerprint density at radius 1 is 1.05 bits per heavy atom. The molecule has 0 radical (unpaired) electrons. The largest absolute Gasteiger partial charge is 0.481 e. The first kappa shape index (κ1) is 32.5. The number of rotatable bonds is 10. The molecule has 1 aliphatic heterocycles. The number of imide groups is 1. The zero-order chi connectivity index (χ0) is 30.7. The fraction of sp³-hybridized carbons (Fsp3) is 0.480. The van der Waals surface area contributed by atoms with Crippen LogP contribution in [-0.2, 0) is 30.4 Å². The molecule has 16 heteroatoms. The Morgan fingerprint density at radius 2 is 1.71 bits per heavy atom. The van der Waals surface area contributed by atoms with Gasteiger partial charge in [-0.1, -0.05) is 44.2 Å². The highest BCUT2D eigenvalue weighted by molar-refractivity contribution is 6.06. The summed E-state index contributed by atoms with van der Waals surface area (Å²) < 4.78 is 0. The van der Waals surface area contributed by atoms with E-state index in [-0.39, 0.29) is 25.3 Å². The van der Waals surface area contributed by atoms with Crippen LogP contribution in [0.4, 0.5) is 4.79 Å².